The highest BCUT2D eigenvalue weighted by molar-refractivity contribution is 5.71. The highest BCUT2D eigenvalue weighted by Gasteiger charge is 2.50. The number of carboxylic acid groups (broad SMARTS) is 1. The molecule has 1 aromatic carbocycles. The summed E-state index contributed by atoms with van der Waals surface area (Å²) in [5.41, 5.74) is -0.0372. The summed E-state index contributed by atoms with van der Waals surface area (Å²) in [7, 11) is 0. The van der Waals surface area contributed by atoms with E-state index in [1.54, 1.807) is 0 Å². The van der Waals surface area contributed by atoms with Gasteiger partial charge < -0.3 is 14.9 Å². The molecule has 4 heteroatoms. The molecule has 0 fully saturated rings. The molecule has 1 rings (SSSR count). The first-order chi connectivity index (χ1) is 13.9. The Balaban J connectivity index is 3.19. The van der Waals surface area contributed by atoms with Crippen molar-refractivity contribution in [3.63, 3.8) is 0 Å². The molecule has 178 valence electrons. The molecule has 0 radical (unpaired) electrons. The Morgan fingerprint density at radius 2 is 1.42 bits per heavy atom. The third-order valence-electron chi connectivity index (χ3n) is 7.17. The fraction of sp³-hybridized carbons (Fsp3) is 0.741. The Bertz CT molecular complexity index is 692. The number of benzene rings is 1. The van der Waals surface area contributed by atoms with Gasteiger partial charge in [0, 0.05) is 5.92 Å². The minimum Gasteiger partial charge on any atom is -0.481 e. The molecule has 1 aromatic rings. The van der Waals surface area contributed by atoms with E-state index in [-0.39, 0.29) is 27.6 Å². The SMILES string of the molecule is CC(C)(C)CC(C(O)OCc1ccccc1)C(C)(C)C(C)(C)CC(C(=O)O)C(C)(C)C. The molecule has 0 bridgehead atoms. The molecule has 0 heterocycles. The van der Waals surface area contributed by atoms with Gasteiger partial charge in [-0.3, -0.25) is 4.79 Å². The van der Waals surface area contributed by atoms with Crippen LogP contribution in [0, 0.1) is 33.5 Å². The number of aliphatic hydroxyl groups excluding tert-OH is 1. The van der Waals surface area contributed by atoms with E-state index in [4.69, 9.17) is 4.74 Å². The summed E-state index contributed by atoms with van der Waals surface area (Å²) in [6.45, 7) is 21.4. The number of aliphatic carboxylic acids is 1. The summed E-state index contributed by atoms with van der Waals surface area (Å²) < 4.78 is 5.98. The lowest BCUT2D eigenvalue weighted by Crippen LogP contribution is -2.48. The standard InChI is InChI=1S/C27H46O4/c1-24(2,3)16-21(23(30)31-18-19-14-12-11-13-15-19)27(9,10)26(7,8)17-20(22(28)29)25(4,5)6/h11-15,20-21,23,30H,16-18H2,1-10H3,(H,28,29). The minimum atomic E-state index is -0.938. The van der Waals surface area contributed by atoms with Gasteiger partial charge >= 0.3 is 5.97 Å². The smallest absolute Gasteiger partial charge is 0.307 e. The van der Waals surface area contributed by atoms with Crippen molar-refractivity contribution in [1.29, 1.82) is 0 Å². The van der Waals surface area contributed by atoms with E-state index in [0.29, 0.717) is 13.0 Å². The second kappa shape index (κ2) is 10.0. The number of carbonyl (C=O) groups is 1. The van der Waals surface area contributed by atoms with Crippen molar-refractivity contribution in [1.82, 2.24) is 0 Å². The highest BCUT2D eigenvalue weighted by Crippen LogP contribution is 2.54. The largest absolute Gasteiger partial charge is 0.481 e. The molecule has 0 aliphatic rings. The van der Waals surface area contributed by atoms with Gasteiger partial charge in [-0.05, 0) is 40.1 Å². The molecule has 4 nitrogen and oxygen atoms in total. The van der Waals surface area contributed by atoms with E-state index in [9.17, 15) is 15.0 Å². The second-order valence-corrected chi connectivity index (χ2v) is 12.6. The third kappa shape index (κ3) is 7.91. The molecule has 0 spiro atoms. The van der Waals surface area contributed by atoms with Crippen LogP contribution in [0.15, 0.2) is 30.3 Å². The van der Waals surface area contributed by atoms with Gasteiger partial charge in [0.15, 0.2) is 6.29 Å². The van der Waals surface area contributed by atoms with Crippen molar-refractivity contribution in [2.24, 2.45) is 33.5 Å². The molecule has 0 amide bonds. The Hall–Kier alpha value is -1.39. The number of ether oxygens (including phenoxy) is 1. The molecule has 0 aliphatic heterocycles. The van der Waals surface area contributed by atoms with Gasteiger partial charge in [0.25, 0.3) is 0 Å². The van der Waals surface area contributed by atoms with Crippen LogP contribution in [0.1, 0.15) is 87.6 Å². The fourth-order valence-electron chi connectivity index (χ4n) is 4.28. The van der Waals surface area contributed by atoms with Gasteiger partial charge in [0.1, 0.15) is 0 Å². The Morgan fingerprint density at radius 1 is 0.903 bits per heavy atom. The maximum atomic E-state index is 12.1. The Morgan fingerprint density at radius 3 is 1.84 bits per heavy atom. The van der Waals surface area contributed by atoms with Crippen LogP contribution < -0.4 is 0 Å². The van der Waals surface area contributed by atoms with Crippen molar-refractivity contribution < 1.29 is 19.7 Å². The van der Waals surface area contributed by atoms with Crippen molar-refractivity contribution in [2.45, 2.75) is 95.0 Å². The van der Waals surface area contributed by atoms with E-state index in [1.165, 1.54) is 0 Å². The van der Waals surface area contributed by atoms with Crippen molar-refractivity contribution in [3.8, 4) is 0 Å². The molecule has 3 unspecified atom stereocenters. The van der Waals surface area contributed by atoms with E-state index in [1.807, 2.05) is 51.1 Å². The summed E-state index contributed by atoms with van der Waals surface area (Å²) >= 11 is 0. The highest BCUT2D eigenvalue weighted by atomic mass is 16.6. The summed E-state index contributed by atoms with van der Waals surface area (Å²) in [4.78, 5) is 12.1. The predicted molar refractivity (Wildman–Crippen MR) is 128 cm³/mol. The molecule has 3 atom stereocenters. The number of hydrogen-bond donors (Lipinski definition) is 2. The zero-order valence-electron chi connectivity index (χ0n) is 21.5. The minimum absolute atomic E-state index is 0.00860. The fourth-order valence-corrected chi connectivity index (χ4v) is 4.28. The molecular formula is C27H46O4. The predicted octanol–water partition coefficient (Wildman–Crippen LogP) is 6.76. The Kier molecular flexibility index (Phi) is 8.95. The van der Waals surface area contributed by atoms with Gasteiger partial charge in [-0.15, -0.1) is 0 Å². The zero-order valence-corrected chi connectivity index (χ0v) is 21.5. The van der Waals surface area contributed by atoms with Crippen LogP contribution in [0.4, 0.5) is 0 Å². The summed E-state index contributed by atoms with van der Waals surface area (Å²) in [6, 6.07) is 9.86. The summed E-state index contributed by atoms with van der Waals surface area (Å²) in [6.07, 6.45) is 0.365. The number of aliphatic hydroxyl groups is 1. The molecule has 31 heavy (non-hydrogen) atoms. The van der Waals surface area contributed by atoms with Crippen LogP contribution in [0.2, 0.25) is 0 Å². The van der Waals surface area contributed by atoms with Crippen LogP contribution in [-0.4, -0.2) is 22.5 Å². The topological polar surface area (TPSA) is 66.8 Å². The molecule has 0 aromatic heterocycles. The Labute approximate surface area is 190 Å². The molecule has 0 saturated carbocycles. The van der Waals surface area contributed by atoms with Crippen LogP contribution >= 0.6 is 0 Å². The lowest BCUT2D eigenvalue weighted by molar-refractivity contribution is -0.194. The third-order valence-corrected chi connectivity index (χ3v) is 7.17. The number of hydrogen-bond acceptors (Lipinski definition) is 3. The van der Waals surface area contributed by atoms with Gasteiger partial charge in [0.2, 0.25) is 0 Å². The first kappa shape index (κ1) is 27.6. The second-order valence-electron chi connectivity index (χ2n) is 12.6. The van der Waals surface area contributed by atoms with E-state index >= 15 is 0 Å². The molecule has 0 aliphatic carbocycles. The van der Waals surface area contributed by atoms with Crippen LogP contribution in [-0.2, 0) is 16.1 Å². The van der Waals surface area contributed by atoms with Gasteiger partial charge in [-0.2, -0.15) is 0 Å². The van der Waals surface area contributed by atoms with Crippen molar-refractivity contribution >= 4 is 5.97 Å². The summed E-state index contributed by atoms with van der Waals surface area (Å²) in [5, 5.41) is 21.1. The van der Waals surface area contributed by atoms with E-state index in [0.717, 1.165) is 12.0 Å². The van der Waals surface area contributed by atoms with E-state index < -0.39 is 18.2 Å². The van der Waals surface area contributed by atoms with Crippen molar-refractivity contribution in [3.05, 3.63) is 35.9 Å². The quantitative estimate of drug-likeness (QED) is 0.399. The average Bonchev–Trinajstić information content (AvgIpc) is 2.61. The molecule has 0 saturated heterocycles. The van der Waals surface area contributed by atoms with Crippen molar-refractivity contribution in [2.75, 3.05) is 0 Å². The monoisotopic (exact) mass is 434 g/mol. The van der Waals surface area contributed by atoms with Gasteiger partial charge in [-0.1, -0.05) is 99.6 Å². The number of carboxylic acids is 1. The first-order valence-electron chi connectivity index (χ1n) is 11.4. The first-order valence-corrected chi connectivity index (χ1v) is 11.4. The zero-order chi connectivity index (χ0) is 24.3. The maximum Gasteiger partial charge on any atom is 0.307 e. The lowest BCUT2D eigenvalue weighted by atomic mass is 9.54. The van der Waals surface area contributed by atoms with E-state index in [2.05, 4.69) is 48.5 Å². The van der Waals surface area contributed by atoms with Crippen LogP contribution in [0.3, 0.4) is 0 Å². The van der Waals surface area contributed by atoms with Crippen LogP contribution in [0.25, 0.3) is 0 Å². The van der Waals surface area contributed by atoms with Gasteiger partial charge in [0.05, 0.1) is 12.5 Å². The molecule has 2 N–H and O–H groups in total. The lowest BCUT2D eigenvalue weighted by Gasteiger charge is -2.51. The number of rotatable bonds is 10. The average molecular weight is 435 g/mol. The van der Waals surface area contributed by atoms with Gasteiger partial charge in [-0.25, -0.2) is 0 Å². The summed E-state index contributed by atoms with van der Waals surface area (Å²) in [5.74, 6) is -1.38. The van der Waals surface area contributed by atoms with Crippen LogP contribution in [0.5, 0.6) is 0 Å². The molecular weight excluding hydrogens is 388 g/mol. The normalized spacial score (nSPS) is 16.6. The maximum absolute atomic E-state index is 12.1.